The van der Waals surface area contributed by atoms with E-state index < -0.39 is 11.9 Å². The summed E-state index contributed by atoms with van der Waals surface area (Å²) in [4.78, 5) is 24.6. The lowest BCUT2D eigenvalue weighted by Gasteiger charge is -2.40. The van der Waals surface area contributed by atoms with Crippen molar-refractivity contribution in [1.82, 2.24) is 14.5 Å². The number of amides is 1. The van der Waals surface area contributed by atoms with Gasteiger partial charge in [0.25, 0.3) is 5.91 Å². The Morgan fingerprint density at radius 1 is 1.62 bits per heavy atom. The van der Waals surface area contributed by atoms with Crippen molar-refractivity contribution < 1.29 is 14.7 Å². The number of carbonyl (C=O) groups excluding carboxylic acids is 1. The van der Waals surface area contributed by atoms with Crippen molar-refractivity contribution >= 4 is 23.4 Å². The fraction of sp³-hybridized carbons (Fsp3) is 0.556. The zero-order chi connectivity index (χ0) is 11.7. The second kappa shape index (κ2) is 4.17. The molecule has 0 aromatic carbocycles. The molecule has 0 aliphatic carbocycles. The van der Waals surface area contributed by atoms with Crippen LogP contribution >= 0.6 is 11.5 Å². The highest BCUT2D eigenvalue weighted by molar-refractivity contribution is 7.07. The summed E-state index contributed by atoms with van der Waals surface area (Å²) in [5, 5.41) is 12.4. The summed E-state index contributed by atoms with van der Waals surface area (Å²) in [7, 11) is 0. The van der Waals surface area contributed by atoms with Crippen molar-refractivity contribution in [1.29, 1.82) is 0 Å². The highest BCUT2D eigenvalue weighted by Crippen LogP contribution is 2.25. The van der Waals surface area contributed by atoms with E-state index in [-0.39, 0.29) is 11.8 Å². The van der Waals surface area contributed by atoms with Crippen molar-refractivity contribution in [2.24, 2.45) is 11.8 Å². The molecule has 7 heteroatoms. The molecular formula is C9H11N3O3S. The maximum Gasteiger partial charge on any atom is 0.306 e. The maximum absolute atomic E-state index is 11.7. The third-order valence-electron chi connectivity index (χ3n) is 2.87. The van der Waals surface area contributed by atoms with E-state index in [1.54, 1.807) is 11.8 Å². The van der Waals surface area contributed by atoms with Crippen LogP contribution in [-0.2, 0) is 4.79 Å². The first kappa shape index (κ1) is 11.0. The van der Waals surface area contributed by atoms with Crippen LogP contribution in [0.5, 0.6) is 0 Å². The maximum atomic E-state index is 11.7. The summed E-state index contributed by atoms with van der Waals surface area (Å²) in [6.07, 6.45) is 1.43. The van der Waals surface area contributed by atoms with E-state index in [2.05, 4.69) is 9.59 Å². The minimum Gasteiger partial charge on any atom is -0.481 e. The quantitative estimate of drug-likeness (QED) is 0.824. The number of rotatable bonds is 3. The molecule has 1 N–H and O–H groups in total. The Hall–Kier alpha value is -1.50. The van der Waals surface area contributed by atoms with Crippen molar-refractivity contribution in [2.75, 3.05) is 13.1 Å². The van der Waals surface area contributed by atoms with Crippen LogP contribution in [-0.4, -0.2) is 44.6 Å². The van der Waals surface area contributed by atoms with E-state index in [4.69, 9.17) is 5.11 Å². The van der Waals surface area contributed by atoms with Crippen LogP contribution < -0.4 is 0 Å². The van der Waals surface area contributed by atoms with Crippen LogP contribution in [0.4, 0.5) is 0 Å². The monoisotopic (exact) mass is 241 g/mol. The molecule has 2 rings (SSSR count). The summed E-state index contributed by atoms with van der Waals surface area (Å²) >= 11 is 1.06. The molecule has 0 bridgehead atoms. The van der Waals surface area contributed by atoms with Gasteiger partial charge in [0.2, 0.25) is 0 Å². The van der Waals surface area contributed by atoms with Gasteiger partial charge in [-0.1, -0.05) is 11.4 Å². The molecule has 86 valence electrons. The lowest BCUT2D eigenvalue weighted by atomic mass is 9.87. The van der Waals surface area contributed by atoms with E-state index in [1.807, 2.05) is 0 Å². The molecular weight excluding hydrogens is 230 g/mol. The number of carboxylic acid groups (broad SMARTS) is 1. The zero-order valence-electron chi connectivity index (χ0n) is 8.66. The lowest BCUT2D eigenvalue weighted by Crippen LogP contribution is -2.53. The minimum absolute atomic E-state index is 0.0577. The van der Waals surface area contributed by atoms with Gasteiger partial charge in [-0.3, -0.25) is 9.59 Å². The first-order valence-electron chi connectivity index (χ1n) is 4.89. The molecule has 1 unspecified atom stereocenters. The van der Waals surface area contributed by atoms with Crippen molar-refractivity contribution in [3.8, 4) is 0 Å². The van der Waals surface area contributed by atoms with E-state index >= 15 is 0 Å². The third-order valence-corrected chi connectivity index (χ3v) is 3.52. The topological polar surface area (TPSA) is 83.4 Å². The highest BCUT2D eigenvalue weighted by Gasteiger charge is 2.37. The Balaban J connectivity index is 1.89. The SMILES string of the molecule is CC(C(=O)O)C1CN(C(=O)c2cnns2)C1. The molecule has 1 aromatic rings. The van der Waals surface area contributed by atoms with Crippen molar-refractivity contribution in [2.45, 2.75) is 6.92 Å². The molecule has 1 amide bonds. The van der Waals surface area contributed by atoms with Crippen LogP contribution in [0.25, 0.3) is 0 Å². The molecule has 2 heterocycles. The molecule has 0 spiro atoms. The van der Waals surface area contributed by atoms with Gasteiger partial charge < -0.3 is 10.0 Å². The predicted molar refractivity (Wildman–Crippen MR) is 56.1 cm³/mol. The smallest absolute Gasteiger partial charge is 0.306 e. The van der Waals surface area contributed by atoms with Gasteiger partial charge >= 0.3 is 5.97 Å². The molecule has 16 heavy (non-hydrogen) atoms. The van der Waals surface area contributed by atoms with E-state index in [0.29, 0.717) is 18.0 Å². The van der Waals surface area contributed by atoms with Crippen molar-refractivity contribution in [3.63, 3.8) is 0 Å². The Bertz CT molecular complexity index is 400. The summed E-state index contributed by atoms with van der Waals surface area (Å²) in [5.41, 5.74) is 0. The number of carboxylic acids is 1. The molecule has 0 radical (unpaired) electrons. The lowest BCUT2D eigenvalue weighted by molar-refractivity contribution is -0.144. The molecule has 1 atom stereocenters. The fourth-order valence-corrected chi connectivity index (χ4v) is 2.10. The van der Waals surface area contributed by atoms with Gasteiger partial charge in [0, 0.05) is 19.0 Å². The zero-order valence-corrected chi connectivity index (χ0v) is 9.48. The third kappa shape index (κ3) is 1.90. The van der Waals surface area contributed by atoms with E-state index in [9.17, 15) is 9.59 Å². The number of carbonyl (C=O) groups is 2. The normalized spacial score (nSPS) is 17.9. The number of hydrogen-bond donors (Lipinski definition) is 1. The van der Waals surface area contributed by atoms with Crippen molar-refractivity contribution in [3.05, 3.63) is 11.1 Å². The number of aromatic nitrogens is 2. The molecule has 1 aliphatic heterocycles. The molecule has 1 aromatic heterocycles. The molecule has 1 aliphatic rings. The van der Waals surface area contributed by atoms with Crippen LogP contribution in [0, 0.1) is 11.8 Å². The van der Waals surface area contributed by atoms with Crippen LogP contribution in [0.3, 0.4) is 0 Å². The van der Waals surface area contributed by atoms with Crippen LogP contribution in [0.2, 0.25) is 0 Å². The first-order chi connectivity index (χ1) is 7.59. The number of likely N-dealkylation sites (tertiary alicyclic amines) is 1. The predicted octanol–water partition coefficient (Wildman–Crippen LogP) is 0.331. The number of hydrogen-bond acceptors (Lipinski definition) is 5. The average Bonchev–Trinajstić information content (AvgIpc) is 2.67. The van der Waals surface area contributed by atoms with E-state index in [1.165, 1.54) is 6.20 Å². The Morgan fingerprint density at radius 3 is 2.81 bits per heavy atom. The second-order valence-corrected chi connectivity index (χ2v) is 4.66. The highest BCUT2D eigenvalue weighted by atomic mass is 32.1. The van der Waals surface area contributed by atoms with Gasteiger partial charge in [0.05, 0.1) is 12.1 Å². The largest absolute Gasteiger partial charge is 0.481 e. The Labute approximate surface area is 96.0 Å². The Morgan fingerprint density at radius 2 is 2.31 bits per heavy atom. The minimum atomic E-state index is -0.809. The number of nitrogens with zero attached hydrogens (tertiary/aromatic N) is 3. The molecule has 1 fully saturated rings. The summed E-state index contributed by atoms with van der Waals surface area (Å²) in [6, 6.07) is 0. The first-order valence-corrected chi connectivity index (χ1v) is 5.66. The summed E-state index contributed by atoms with van der Waals surface area (Å²) < 4.78 is 3.62. The molecule has 6 nitrogen and oxygen atoms in total. The van der Waals surface area contributed by atoms with Gasteiger partial charge in [0.1, 0.15) is 4.88 Å². The second-order valence-electron chi connectivity index (χ2n) is 3.88. The Kier molecular flexibility index (Phi) is 2.86. The molecule has 0 saturated carbocycles. The molecule has 1 saturated heterocycles. The van der Waals surface area contributed by atoms with Gasteiger partial charge in [-0.15, -0.1) is 5.10 Å². The number of aliphatic carboxylic acids is 1. The summed E-state index contributed by atoms with van der Waals surface area (Å²) in [5.74, 6) is -1.26. The van der Waals surface area contributed by atoms with Gasteiger partial charge in [-0.05, 0) is 11.5 Å². The van der Waals surface area contributed by atoms with Crippen LogP contribution in [0.15, 0.2) is 6.20 Å². The van der Waals surface area contributed by atoms with Gasteiger partial charge in [-0.2, -0.15) is 0 Å². The van der Waals surface area contributed by atoms with Gasteiger partial charge in [0.15, 0.2) is 0 Å². The standard InChI is InChI=1S/C9H11N3O3S/c1-5(9(14)15)6-3-12(4-6)8(13)7-2-10-11-16-7/h2,5-6H,3-4H2,1H3,(H,14,15). The average molecular weight is 241 g/mol. The van der Waals surface area contributed by atoms with E-state index in [0.717, 1.165) is 11.5 Å². The van der Waals surface area contributed by atoms with Crippen LogP contribution in [0.1, 0.15) is 16.6 Å². The van der Waals surface area contributed by atoms with Gasteiger partial charge in [-0.25, -0.2) is 0 Å². The summed E-state index contributed by atoms with van der Waals surface area (Å²) in [6.45, 7) is 2.68. The fourth-order valence-electron chi connectivity index (χ4n) is 1.61.